The van der Waals surface area contributed by atoms with E-state index in [1.165, 1.54) is 0 Å². The summed E-state index contributed by atoms with van der Waals surface area (Å²) in [6, 6.07) is 10.9. The lowest BCUT2D eigenvalue weighted by Crippen LogP contribution is -2.31. The monoisotopic (exact) mass is 313 g/mol. The van der Waals surface area contributed by atoms with Gasteiger partial charge in [0.2, 0.25) is 5.95 Å². The van der Waals surface area contributed by atoms with E-state index in [9.17, 15) is 9.90 Å². The summed E-state index contributed by atoms with van der Waals surface area (Å²) in [7, 11) is 0. The van der Waals surface area contributed by atoms with Gasteiger partial charge in [0.1, 0.15) is 6.04 Å². The highest BCUT2D eigenvalue weighted by atomic mass is 16.4. The van der Waals surface area contributed by atoms with E-state index in [-0.39, 0.29) is 5.41 Å². The van der Waals surface area contributed by atoms with Crippen molar-refractivity contribution in [3.63, 3.8) is 0 Å². The molecule has 5 nitrogen and oxygen atoms in total. The minimum atomic E-state index is -0.886. The van der Waals surface area contributed by atoms with Crippen LogP contribution in [0.3, 0.4) is 0 Å². The molecular formula is C18H23N3O2. The number of carboxylic acid groups (broad SMARTS) is 1. The summed E-state index contributed by atoms with van der Waals surface area (Å²) in [5, 5.41) is 12.3. The Hall–Kier alpha value is -2.43. The fourth-order valence-corrected chi connectivity index (χ4v) is 2.19. The number of aromatic nitrogens is 2. The molecule has 23 heavy (non-hydrogen) atoms. The Balaban J connectivity index is 2.13. The number of anilines is 1. The Labute approximate surface area is 136 Å². The molecular weight excluding hydrogens is 290 g/mol. The summed E-state index contributed by atoms with van der Waals surface area (Å²) >= 11 is 0. The smallest absolute Gasteiger partial charge is 0.326 e. The van der Waals surface area contributed by atoms with Gasteiger partial charge in [0, 0.05) is 11.8 Å². The zero-order chi connectivity index (χ0) is 16.9. The Kier molecular flexibility index (Phi) is 5.32. The average Bonchev–Trinajstić information content (AvgIpc) is 2.51. The van der Waals surface area contributed by atoms with Crippen LogP contribution in [-0.4, -0.2) is 27.1 Å². The Morgan fingerprint density at radius 2 is 1.91 bits per heavy atom. The van der Waals surface area contributed by atoms with Crippen LogP contribution < -0.4 is 5.32 Å². The first-order chi connectivity index (χ1) is 10.8. The van der Waals surface area contributed by atoms with Gasteiger partial charge in [-0.05, 0) is 24.3 Å². The second kappa shape index (κ2) is 7.22. The zero-order valence-electron chi connectivity index (χ0n) is 13.8. The van der Waals surface area contributed by atoms with Gasteiger partial charge in [-0.25, -0.2) is 14.8 Å². The number of aliphatic carboxylic acids is 1. The second-order valence-electron chi connectivity index (χ2n) is 6.77. The molecule has 0 fully saturated rings. The summed E-state index contributed by atoms with van der Waals surface area (Å²) in [6.07, 6.45) is 2.97. The minimum Gasteiger partial charge on any atom is -0.480 e. The van der Waals surface area contributed by atoms with Crippen LogP contribution in [0, 0.1) is 5.41 Å². The van der Waals surface area contributed by atoms with Gasteiger partial charge in [0.25, 0.3) is 0 Å². The Morgan fingerprint density at radius 3 is 2.52 bits per heavy atom. The van der Waals surface area contributed by atoms with Gasteiger partial charge < -0.3 is 10.4 Å². The van der Waals surface area contributed by atoms with Crippen LogP contribution in [0.4, 0.5) is 5.95 Å². The maximum atomic E-state index is 11.5. The zero-order valence-corrected chi connectivity index (χ0v) is 13.8. The molecule has 1 aromatic carbocycles. The lowest BCUT2D eigenvalue weighted by molar-refractivity contribution is -0.138. The number of rotatable bonds is 6. The summed E-state index contributed by atoms with van der Waals surface area (Å²) < 4.78 is 0. The average molecular weight is 313 g/mol. The van der Waals surface area contributed by atoms with E-state index in [1.807, 2.05) is 36.4 Å². The molecule has 1 atom stereocenters. The molecule has 1 aromatic heterocycles. The SMILES string of the molecule is CC(C)(C)CC[C@H](Nc1nccc(-c2ccccc2)n1)C(=O)O. The van der Waals surface area contributed by atoms with E-state index >= 15 is 0 Å². The molecule has 0 bridgehead atoms. The molecule has 0 radical (unpaired) electrons. The van der Waals surface area contributed by atoms with Crippen LogP contribution in [-0.2, 0) is 4.79 Å². The highest BCUT2D eigenvalue weighted by Gasteiger charge is 2.21. The molecule has 0 saturated carbocycles. The van der Waals surface area contributed by atoms with Crippen LogP contribution in [0.25, 0.3) is 11.3 Å². The number of hydrogen-bond donors (Lipinski definition) is 2. The van der Waals surface area contributed by atoms with Crippen molar-refractivity contribution < 1.29 is 9.90 Å². The molecule has 122 valence electrons. The van der Waals surface area contributed by atoms with Crippen LogP contribution in [0.1, 0.15) is 33.6 Å². The van der Waals surface area contributed by atoms with Gasteiger partial charge in [-0.15, -0.1) is 0 Å². The predicted molar refractivity (Wildman–Crippen MR) is 91.2 cm³/mol. The topological polar surface area (TPSA) is 75.1 Å². The highest BCUT2D eigenvalue weighted by Crippen LogP contribution is 2.23. The summed E-state index contributed by atoms with van der Waals surface area (Å²) in [5.74, 6) is -0.546. The third-order valence-electron chi connectivity index (χ3n) is 3.51. The quantitative estimate of drug-likeness (QED) is 0.847. The van der Waals surface area contributed by atoms with E-state index in [2.05, 4.69) is 36.1 Å². The highest BCUT2D eigenvalue weighted by molar-refractivity contribution is 5.76. The largest absolute Gasteiger partial charge is 0.480 e. The Morgan fingerprint density at radius 1 is 1.22 bits per heavy atom. The molecule has 0 spiro atoms. The van der Waals surface area contributed by atoms with Crippen LogP contribution in [0.5, 0.6) is 0 Å². The van der Waals surface area contributed by atoms with Crippen molar-refractivity contribution in [1.82, 2.24) is 9.97 Å². The van der Waals surface area contributed by atoms with Crippen molar-refractivity contribution in [3.05, 3.63) is 42.6 Å². The number of nitrogens with one attached hydrogen (secondary N) is 1. The molecule has 0 aliphatic heterocycles. The van der Waals surface area contributed by atoms with Crippen LogP contribution >= 0.6 is 0 Å². The van der Waals surface area contributed by atoms with Gasteiger partial charge in [-0.3, -0.25) is 0 Å². The van der Waals surface area contributed by atoms with Crippen molar-refractivity contribution in [2.75, 3.05) is 5.32 Å². The van der Waals surface area contributed by atoms with Gasteiger partial charge in [0.05, 0.1) is 5.69 Å². The number of carboxylic acids is 1. The van der Waals surface area contributed by atoms with E-state index < -0.39 is 12.0 Å². The van der Waals surface area contributed by atoms with Crippen molar-refractivity contribution in [2.45, 2.75) is 39.7 Å². The first kappa shape index (κ1) is 16.9. The number of carbonyl (C=O) groups is 1. The fourth-order valence-electron chi connectivity index (χ4n) is 2.19. The molecule has 2 rings (SSSR count). The maximum absolute atomic E-state index is 11.5. The van der Waals surface area contributed by atoms with Crippen molar-refractivity contribution in [3.8, 4) is 11.3 Å². The first-order valence-electron chi connectivity index (χ1n) is 7.73. The lowest BCUT2D eigenvalue weighted by Gasteiger charge is -2.21. The van der Waals surface area contributed by atoms with Gasteiger partial charge in [-0.2, -0.15) is 0 Å². The van der Waals surface area contributed by atoms with Gasteiger partial charge >= 0.3 is 5.97 Å². The summed E-state index contributed by atoms with van der Waals surface area (Å²) in [4.78, 5) is 20.0. The lowest BCUT2D eigenvalue weighted by atomic mass is 9.89. The van der Waals surface area contributed by atoms with Crippen LogP contribution in [0.15, 0.2) is 42.6 Å². The van der Waals surface area contributed by atoms with Gasteiger partial charge in [0.15, 0.2) is 0 Å². The normalized spacial score (nSPS) is 12.7. The summed E-state index contributed by atoms with van der Waals surface area (Å²) in [6.45, 7) is 6.29. The molecule has 5 heteroatoms. The van der Waals surface area contributed by atoms with Crippen molar-refractivity contribution in [2.24, 2.45) is 5.41 Å². The molecule has 1 heterocycles. The molecule has 0 amide bonds. The van der Waals surface area contributed by atoms with E-state index in [1.54, 1.807) is 6.20 Å². The number of benzene rings is 1. The second-order valence-corrected chi connectivity index (χ2v) is 6.77. The molecule has 0 unspecified atom stereocenters. The van der Waals surface area contributed by atoms with E-state index in [0.29, 0.717) is 12.4 Å². The van der Waals surface area contributed by atoms with Gasteiger partial charge in [-0.1, -0.05) is 51.1 Å². The third-order valence-corrected chi connectivity index (χ3v) is 3.51. The molecule has 0 aliphatic carbocycles. The van der Waals surface area contributed by atoms with Crippen LogP contribution in [0.2, 0.25) is 0 Å². The van der Waals surface area contributed by atoms with Crippen molar-refractivity contribution >= 4 is 11.9 Å². The standard InChI is InChI=1S/C18H23N3O2/c1-18(2,3)11-9-15(16(22)23)21-17-19-12-10-14(20-17)13-7-5-4-6-8-13/h4-8,10,12,15H,9,11H2,1-3H3,(H,22,23)(H,19,20,21)/t15-/m0/s1. The molecule has 0 aliphatic rings. The Bertz CT molecular complexity index is 651. The molecule has 2 aromatic rings. The third kappa shape index (κ3) is 5.36. The summed E-state index contributed by atoms with van der Waals surface area (Å²) in [5.41, 5.74) is 1.82. The number of hydrogen-bond acceptors (Lipinski definition) is 4. The fraction of sp³-hybridized carbons (Fsp3) is 0.389. The minimum absolute atomic E-state index is 0.0854. The molecule has 2 N–H and O–H groups in total. The van der Waals surface area contributed by atoms with E-state index in [4.69, 9.17) is 0 Å². The molecule has 0 saturated heterocycles. The number of nitrogens with zero attached hydrogens (tertiary/aromatic N) is 2. The predicted octanol–water partition coefficient (Wildman–Crippen LogP) is 3.84. The first-order valence-corrected chi connectivity index (χ1v) is 7.73. The van der Waals surface area contributed by atoms with Crippen molar-refractivity contribution in [1.29, 1.82) is 0 Å². The van der Waals surface area contributed by atoms with E-state index in [0.717, 1.165) is 17.7 Å². The maximum Gasteiger partial charge on any atom is 0.326 e.